The number of sulfonamides is 1. The zero-order valence-corrected chi connectivity index (χ0v) is 12.8. The Balaban J connectivity index is 2.08. The topological polar surface area (TPSA) is 85.2 Å². The highest BCUT2D eigenvalue weighted by atomic mass is 32.2. The van der Waals surface area contributed by atoms with E-state index in [2.05, 4.69) is 15.1 Å². The Kier molecular flexibility index (Phi) is 3.50. The summed E-state index contributed by atoms with van der Waals surface area (Å²) in [7, 11) is -0.171. The van der Waals surface area contributed by atoms with Crippen molar-refractivity contribution in [2.75, 3.05) is 24.9 Å². The lowest BCUT2D eigenvalue weighted by Crippen LogP contribution is -2.30. The van der Waals surface area contributed by atoms with Crippen LogP contribution < -0.4 is 14.8 Å². The van der Waals surface area contributed by atoms with E-state index in [1.165, 1.54) is 7.11 Å². The average molecular weight is 310 g/mol. The third-order valence-corrected chi connectivity index (χ3v) is 5.55. The first-order valence-electron chi connectivity index (χ1n) is 6.74. The molecule has 0 spiro atoms. The number of ether oxygens (including phenoxy) is 1. The molecule has 0 amide bonds. The van der Waals surface area contributed by atoms with Gasteiger partial charge in [0.05, 0.1) is 24.1 Å². The lowest BCUT2D eigenvalue weighted by atomic mass is 10.2. The van der Waals surface area contributed by atoms with Gasteiger partial charge in [0.2, 0.25) is 10.0 Å². The van der Waals surface area contributed by atoms with Gasteiger partial charge in [-0.1, -0.05) is 0 Å². The van der Waals surface area contributed by atoms with Crippen molar-refractivity contribution >= 4 is 26.6 Å². The lowest BCUT2D eigenvalue weighted by Gasteiger charge is -2.16. The summed E-state index contributed by atoms with van der Waals surface area (Å²) in [6, 6.07) is 3.60. The molecular formula is C13H18N4O3S. The average Bonchev–Trinajstić information content (AvgIpc) is 3.09. The Labute approximate surface area is 123 Å². The predicted molar refractivity (Wildman–Crippen MR) is 81.1 cm³/mol. The van der Waals surface area contributed by atoms with Crippen molar-refractivity contribution in [1.29, 1.82) is 0 Å². The molecular weight excluding hydrogens is 292 g/mol. The minimum atomic E-state index is -3.47. The molecule has 0 radical (unpaired) electrons. The van der Waals surface area contributed by atoms with E-state index >= 15 is 0 Å². The number of hydrogen-bond donors (Lipinski definition) is 2. The van der Waals surface area contributed by atoms with E-state index in [0.717, 1.165) is 11.9 Å². The molecule has 2 aromatic rings. The summed E-state index contributed by atoms with van der Waals surface area (Å²) in [4.78, 5) is 0. The molecule has 0 aliphatic carbocycles. The molecule has 0 bridgehead atoms. The summed E-state index contributed by atoms with van der Waals surface area (Å²) in [6.07, 6.45) is 2.31. The molecule has 1 aliphatic rings. The predicted octanol–water partition coefficient (Wildman–Crippen LogP) is 0.685. The van der Waals surface area contributed by atoms with Crippen molar-refractivity contribution in [2.24, 2.45) is 7.05 Å². The number of hydrogen-bond acceptors (Lipinski definition) is 5. The summed E-state index contributed by atoms with van der Waals surface area (Å²) in [5.41, 5.74) is 1.16. The van der Waals surface area contributed by atoms with Crippen LogP contribution in [0, 0.1) is 0 Å². The van der Waals surface area contributed by atoms with Gasteiger partial charge in [-0.15, -0.1) is 0 Å². The van der Waals surface area contributed by atoms with E-state index in [1.807, 2.05) is 6.07 Å². The number of nitrogens with zero attached hydrogens (tertiary/aromatic N) is 2. The first-order chi connectivity index (χ1) is 10.0. The highest BCUT2D eigenvalue weighted by Crippen LogP contribution is 2.34. The van der Waals surface area contributed by atoms with E-state index in [4.69, 9.17) is 4.74 Å². The summed E-state index contributed by atoms with van der Waals surface area (Å²) >= 11 is 0. The molecule has 1 unspecified atom stereocenters. The minimum Gasteiger partial charge on any atom is -0.494 e. The first kappa shape index (κ1) is 14.2. The summed E-state index contributed by atoms with van der Waals surface area (Å²) in [5.74, 6) is 0.487. The van der Waals surface area contributed by atoms with Crippen LogP contribution in [0.1, 0.15) is 6.42 Å². The van der Waals surface area contributed by atoms with Crippen LogP contribution in [0.4, 0.5) is 5.69 Å². The van der Waals surface area contributed by atoms with Gasteiger partial charge in [0.15, 0.2) is 0 Å². The number of aromatic nitrogens is 2. The van der Waals surface area contributed by atoms with Crippen LogP contribution in [0.5, 0.6) is 5.75 Å². The molecule has 8 heteroatoms. The molecule has 1 aromatic carbocycles. The lowest BCUT2D eigenvalue weighted by molar-refractivity contribution is 0.417. The Bertz CT molecular complexity index is 763. The van der Waals surface area contributed by atoms with Gasteiger partial charge >= 0.3 is 0 Å². The van der Waals surface area contributed by atoms with E-state index in [9.17, 15) is 8.42 Å². The SMILES string of the molecule is COc1ccc2cnn(C)c2c1NS(=O)(=O)C1CCNC1. The van der Waals surface area contributed by atoms with Gasteiger partial charge in [-0.05, 0) is 25.1 Å². The van der Waals surface area contributed by atoms with Crippen LogP contribution in [0.3, 0.4) is 0 Å². The Morgan fingerprint density at radius 1 is 1.48 bits per heavy atom. The molecule has 1 atom stereocenters. The highest BCUT2D eigenvalue weighted by molar-refractivity contribution is 7.93. The number of anilines is 1. The number of rotatable bonds is 4. The maximum atomic E-state index is 12.5. The minimum absolute atomic E-state index is 0.425. The fourth-order valence-electron chi connectivity index (χ4n) is 2.64. The maximum Gasteiger partial charge on any atom is 0.237 e. The molecule has 1 fully saturated rings. The van der Waals surface area contributed by atoms with Crippen LogP contribution in [0.15, 0.2) is 18.3 Å². The van der Waals surface area contributed by atoms with Crippen molar-refractivity contribution in [3.05, 3.63) is 18.3 Å². The van der Waals surface area contributed by atoms with Crippen LogP contribution >= 0.6 is 0 Å². The largest absolute Gasteiger partial charge is 0.494 e. The van der Waals surface area contributed by atoms with Crippen molar-refractivity contribution in [1.82, 2.24) is 15.1 Å². The zero-order chi connectivity index (χ0) is 15.0. The zero-order valence-electron chi connectivity index (χ0n) is 12.0. The van der Waals surface area contributed by atoms with Gasteiger partial charge in [-0.2, -0.15) is 5.10 Å². The standard InChI is InChI=1S/C13H18N4O3S/c1-17-13-9(7-15-17)3-4-11(20-2)12(13)16-21(18,19)10-5-6-14-8-10/h3-4,7,10,14,16H,5-6,8H2,1-2H3. The van der Waals surface area contributed by atoms with Crippen molar-refractivity contribution in [3.8, 4) is 5.75 Å². The summed E-state index contributed by atoms with van der Waals surface area (Å²) < 4.78 is 34.7. The second-order valence-corrected chi connectivity index (χ2v) is 7.07. The van der Waals surface area contributed by atoms with Crippen molar-refractivity contribution in [2.45, 2.75) is 11.7 Å². The van der Waals surface area contributed by atoms with Gasteiger partial charge in [-0.3, -0.25) is 9.40 Å². The monoisotopic (exact) mass is 310 g/mol. The molecule has 1 aromatic heterocycles. The van der Waals surface area contributed by atoms with Gasteiger partial charge in [-0.25, -0.2) is 8.42 Å². The third-order valence-electron chi connectivity index (χ3n) is 3.78. The molecule has 2 N–H and O–H groups in total. The second-order valence-electron chi connectivity index (χ2n) is 5.11. The quantitative estimate of drug-likeness (QED) is 0.867. The van der Waals surface area contributed by atoms with Crippen LogP contribution in [-0.4, -0.2) is 43.6 Å². The van der Waals surface area contributed by atoms with Crippen molar-refractivity contribution < 1.29 is 13.2 Å². The van der Waals surface area contributed by atoms with E-state index in [0.29, 0.717) is 29.9 Å². The number of fused-ring (bicyclic) bond motifs is 1. The third kappa shape index (κ3) is 2.44. The number of nitrogens with one attached hydrogen (secondary N) is 2. The van der Waals surface area contributed by atoms with Gasteiger partial charge in [0.1, 0.15) is 11.4 Å². The van der Waals surface area contributed by atoms with Crippen molar-refractivity contribution in [3.63, 3.8) is 0 Å². The van der Waals surface area contributed by atoms with Gasteiger partial charge < -0.3 is 10.1 Å². The molecule has 0 saturated carbocycles. The van der Waals surface area contributed by atoms with Crippen LogP contribution in [-0.2, 0) is 17.1 Å². The molecule has 1 aliphatic heterocycles. The van der Waals surface area contributed by atoms with E-state index in [1.54, 1.807) is 24.0 Å². The number of aryl methyl sites for hydroxylation is 1. The van der Waals surface area contributed by atoms with Gasteiger partial charge in [0, 0.05) is 19.0 Å². The second kappa shape index (κ2) is 5.19. The normalized spacial score (nSPS) is 19.0. The number of methoxy groups -OCH3 is 1. The summed E-state index contributed by atoms with van der Waals surface area (Å²) in [6.45, 7) is 1.19. The molecule has 2 heterocycles. The Morgan fingerprint density at radius 3 is 2.95 bits per heavy atom. The Hall–Kier alpha value is -1.80. The fourth-order valence-corrected chi connectivity index (χ4v) is 4.05. The molecule has 114 valence electrons. The first-order valence-corrected chi connectivity index (χ1v) is 8.28. The van der Waals surface area contributed by atoms with Gasteiger partial charge in [0.25, 0.3) is 0 Å². The molecule has 21 heavy (non-hydrogen) atoms. The maximum absolute atomic E-state index is 12.5. The summed E-state index contributed by atoms with van der Waals surface area (Å²) in [5, 5.41) is 7.68. The van der Waals surface area contributed by atoms with E-state index < -0.39 is 15.3 Å². The van der Waals surface area contributed by atoms with E-state index in [-0.39, 0.29) is 0 Å². The Morgan fingerprint density at radius 2 is 2.29 bits per heavy atom. The fraction of sp³-hybridized carbons (Fsp3) is 0.462. The van der Waals surface area contributed by atoms with Crippen LogP contribution in [0.25, 0.3) is 10.9 Å². The number of benzene rings is 1. The van der Waals surface area contributed by atoms with Crippen LogP contribution in [0.2, 0.25) is 0 Å². The smallest absolute Gasteiger partial charge is 0.237 e. The molecule has 3 rings (SSSR count). The highest BCUT2D eigenvalue weighted by Gasteiger charge is 2.30. The molecule has 1 saturated heterocycles. The molecule has 7 nitrogen and oxygen atoms in total.